The number of morpholine rings is 1. The minimum atomic E-state index is -0.362. The maximum Gasteiger partial charge on any atom is 0.276 e. The Bertz CT molecular complexity index is 1230. The lowest BCUT2D eigenvalue weighted by Crippen LogP contribution is -2.43. The number of para-hydroxylation sites is 1. The lowest BCUT2D eigenvalue weighted by Gasteiger charge is -2.32. The third kappa shape index (κ3) is 6.20. The summed E-state index contributed by atoms with van der Waals surface area (Å²) in [4.78, 5) is 26.5. The summed E-state index contributed by atoms with van der Waals surface area (Å²) in [7, 11) is 1.39. The number of hydrogen-bond acceptors (Lipinski definition) is 9. The molecule has 4 heterocycles. The van der Waals surface area contributed by atoms with Crippen molar-refractivity contribution in [3.05, 3.63) is 59.0 Å². The van der Waals surface area contributed by atoms with Gasteiger partial charge in [0.05, 0.1) is 72.6 Å². The number of carbonyl (C=O) groups excluding carboxylic acids is 1. The molecule has 1 saturated heterocycles. The molecule has 0 saturated carbocycles. The number of anilines is 4. The molecular formula is C25H31ClN8O3. The maximum atomic E-state index is 12.4. The number of aromatic nitrogens is 3. The van der Waals surface area contributed by atoms with Gasteiger partial charge in [0.1, 0.15) is 5.82 Å². The van der Waals surface area contributed by atoms with Crippen molar-refractivity contribution in [1.82, 2.24) is 30.0 Å². The Kier molecular flexibility index (Phi) is 8.17. The number of rotatable bonds is 9. The van der Waals surface area contributed by atoms with Crippen molar-refractivity contribution in [2.24, 2.45) is 0 Å². The molecule has 1 aromatic carbocycles. The SMILES string of the molecule is CONC(=O)c1ccccc1Nc1cc(Nc2cnn3c2CN(CCN2CCOCC2)CC3)ncc1Cl. The highest BCUT2D eigenvalue weighted by molar-refractivity contribution is 6.33. The normalized spacial score (nSPS) is 16.3. The van der Waals surface area contributed by atoms with E-state index in [0.29, 0.717) is 27.8 Å². The number of pyridine rings is 1. The highest BCUT2D eigenvalue weighted by atomic mass is 35.5. The Morgan fingerprint density at radius 2 is 1.84 bits per heavy atom. The van der Waals surface area contributed by atoms with Crippen LogP contribution in [0.5, 0.6) is 0 Å². The van der Waals surface area contributed by atoms with Gasteiger partial charge in [-0.3, -0.25) is 24.1 Å². The number of ether oxygens (including phenoxy) is 1. The fourth-order valence-corrected chi connectivity index (χ4v) is 4.67. The fraction of sp³-hybridized carbons (Fsp3) is 0.400. The summed E-state index contributed by atoms with van der Waals surface area (Å²) < 4.78 is 7.51. The van der Waals surface area contributed by atoms with E-state index in [4.69, 9.17) is 21.2 Å². The number of amides is 1. The molecule has 1 fully saturated rings. The summed E-state index contributed by atoms with van der Waals surface area (Å²) in [5.41, 5.74) is 6.02. The Balaban J connectivity index is 1.27. The monoisotopic (exact) mass is 526 g/mol. The molecule has 5 rings (SSSR count). The lowest BCUT2D eigenvalue weighted by molar-refractivity contribution is 0.0318. The van der Waals surface area contributed by atoms with Gasteiger partial charge in [-0.1, -0.05) is 23.7 Å². The summed E-state index contributed by atoms with van der Waals surface area (Å²) in [5, 5.41) is 11.6. The van der Waals surface area contributed by atoms with E-state index in [0.717, 1.165) is 70.4 Å². The minimum Gasteiger partial charge on any atom is -0.379 e. The van der Waals surface area contributed by atoms with Crippen LogP contribution in [0, 0.1) is 0 Å². The molecule has 12 heteroatoms. The molecule has 3 aromatic rings. The smallest absolute Gasteiger partial charge is 0.276 e. The van der Waals surface area contributed by atoms with Crippen molar-refractivity contribution in [2.45, 2.75) is 13.1 Å². The second-order valence-electron chi connectivity index (χ2n) is 8.94. The first kappa shape index (κ1) is 25.4. The number of nitrogens with zero attached hydrogens (tertiary/aromatic N) is 5. The van der Waals surface area contributed by atoms with Crippen LogP contribution >= 0.6 is 11.6 Å². The summed E-state index contributed by atoms with van der Waals surface area (Å²) in [6, 6.07) is 8.94. The minimum absolute atomic E-state index is 0.362. The third-order valence-corrected chi connectivity index (χ3v) is 6.84. The largest absolute Gasteiger partial charge is 0.379 e. The van der Waals surface area contributed by atoms with Crippen molar-refractivity contribution in [3.8, 4) is 0 Å². The van der Waals surface area contributed by atoms with Gasteiger partial charge >= 0.3 is 0 Å². The van der Waals surface area contributed by atoms with E-state index in [1.165, 1.54) is 7.11 Å². The molecule has 0 bridgehead atoms. The van der Waals surface area contributed by atoms with E-state index >= 15 is 0 Å². The van der Waals surface area contributed by atoms with Crippen LogP contribution in [-0.4, -0.2) is 83.5 Å². The molecule has 11 nitrogen and oxygen atoms in total. The van der Waals surface area contributed by atoms with Crippen LogP contribution in [0.15, 0.2) is 42.7 Å². The van der Waals surface area contributed by atoms with E-state index in [1.807, 2.05) is 23.0 Å². The van der Waals surface area contributed by atoms with Gasteiger partial charge in [0.25, 0.3) is 5.91 Å². The van der Waals surface area contributed by atoms with Crippen molar-refractivity contribution in [3.63, 3.8) is 0 Å². The maximum absolute atomic E-state index is 12.4. The first-order valence-electron chi connectivity index (χ1n) is 12.3. The van der Waals surface area contributed by atoms with E-state index in [1.54, 1.807) is 24.4 Å². The molecular weight excluding hydrogens is 496 g/mol. The molecule has 2 aliphatic rings. The second-order valence-corrected chi connectivity index (χ2v) is 9.35. The van der Waals surface area contributed by atoms with Gasteiger partial charge < -0.3 is 15.4 Å². The van der Waals surface area contributed by atoms with Gasteiger partial charge in [0, 0.05) is 45.3 Å². The van der Waals surface area contributed by atoms with Crippen LogP contribution in [0.1, 0.15) is 16.1 Å². The average Bonchev–Trinajstić information content (AvgIpc) is 3.32. The van der Waals surface area contributed by atoms with Gasteiger partial charge in [-0.05, 0) is 12.1 Å². The predicted molar refractivity (Wildman–Crippen MR) is 141 cm³/mol. The second kappa shape index (κ2) is 11.9. The van der Waals surface area contributed by atoms with E-state index in [2.05, 4.69) is 36.0 Å². The van der Waals surface area contributed by atoms with Crippen molar-refractivity contribution in [1.29, 1.82) is 0 Å². The topological polar surface area (TPSA) is 109 Å². The molecule has 0 unspecified atom stereocenters. The Hall–Kier alpha value is -3.22. The Morgan fingerprint density at radius 1 is 1.03 bits per heavy atom. The first-order valence-corrected chi connectivity index (χ1v) is 12.7. The summed E-state index contributed by atoms with van der Waals surface area (Å²) in [5.74, 6) is 0.255. The van der Waals surface area contributed by atoms with Crippen LogP contribution in [0.4, 0.5) is 22.9 Å². The Labute approximate surface area is 220 Å². The zero-order chi connectivity index (χ0) is 25.6. The molecule has 37 heavy (non-hydrogen) atoms. The molecule has 0 radical (unpaired) electrons. The van der Waals surface area contributed by atoms with E-state index in [-0.39, 0.29) is 5.91 Å². The number of halogens is 1. The van der Waals surface area contributed by atoms with Crippen molar-refractivity contribution < 1.29 is 14.4 Å². The Morgan fingerprint density at radius 3 is 2.68 bits per heavy atom. The number of nitrogens with one attached hydrogen (secondary N) is 3. The highest BCUT2D eigenvalue weighted by Crippen LogP contribution is 2.31. The van der Waals surface area contributed by atoms with E-state index in [9.17, 15) is 4.79 Å². The third-order valence-electron chi connectivity index (χ3n) is 6.54. The number of hydrogen-bond donors (Lipinski definition) is 3. The molecule has 196 valence electrons. The predicted octanol–water partition coefficient (Wildman–Crippen LogP) is 2.86. The molecule has 2 aliphatic heterocycles. The van der Waals surface area contributed by atoms with Gasteiger partial charge in [-0.15, -0.1) is 0 Å². The quantitative estimate of drug-likeness (QED) is 0.363. The first-order chi connectivity index (χ1) is 18.1. The fourth-order valence-electron chi connectivity index (χ4n) is 4.52. The van der Waals surface area contributed by atoms with Crippen LogP contribution in [0.2, 0.25) is 5.02 Å². The zero-order valence-corrected chi connectivity index (χ0v) is 21.5. The van der Waals surface area contributed by atoms with Gasteiger partial charge in [0.15, 0.2) is 0 Å². The number of benzene rings is 1. The average molecular weight is 527 g/mol. The summed E-state index contributed by atoms with van der Waals surface area (Å²) in [6.45, 7) is 8.31. The van der Waals surface area contributed by atoms with Crippen molar-refractivity contribution >= 4 is 40.4 Å². The summed E-state index contributed by atoms with van der Waals surface area (Å²) >= 11 is 6.44. The van der Waals surface area contributed by atoms with Crippen LogP contribution < -0.4 is 16.1 Å². The standard InChI is InChI=1S/C25H31ClN8O3/c1-36-31-25(35)18-4-2-3-5-20(18)29-21-14-24(27-15-19(21)26)30-22-16-28-34-9-8-33(17-23(22)34)7-6-32-10-12-37-13-11-32/h2-5,14-16H,6-13,17H2,1H3,(H,31,35)(H2,27,29,30). The molecule has 0 spiro atoms. The van der Waals surface area contributed by atoms with Crippen LogP contribution in [-0.2, 0) is 22.7 Å². The molecule has 3 N–H and O–H groups in total. The van der Waals surface area contributed by atoms with Crippen LogP contribution in [0.3, 0.4) is 0 Å². The zero-order valence-electron chi connectivity index (χ0n) is 20.7. The number of hydroxylamine groups is 1. The molecule has 1 amide bonds. The molecule has 0 aliphatic carbocycles. The molecule has 2 aromatic heterocycles. The lowest BCUT2D eigenvalue weighted by atomic mass is 10.1. The van der Waals surface area contributed by atoms with Crippen LogP contribution in [0.25, 0.3) is 0 Å². The highest BCUT2D eigenvalue weighted by Gasteiger charge is 2.22. The number of fused-ring (bicyclic) bond motifs is 1. The molecule has 0 atom stereocenters. The van der Waals surface area contributed by atoms with E-state index < -0.39 is 0 Å². The van der Waals surface area contributed by atoms with Gasteiger partial charge in [-0.2, -0.15) is 5.10 Å². The van der Waals surface area contributed by atoms with Gasteiger partial charge in [0.2, 0.25) is 0 Å². The number of carbonyl (C=O) groups is 1. The van der Waals surface area contributed by atoms with Crippen molar-refractivity contribution in [2.75, 3.05) is 63.7 Å². The summed E-state index contributed by atoms with van der Waals surface area (Å²) in [6.07, 6.45) is 3.42. The van der Waals surface area contributed by atoms with Gasteiger partial charge in [-0.25, -0.2) is 10.5 Å².